The zero-order valence-corrected chi connectivity index (χ0v) is 18.2. The molecule has 0 spiro atoms. The summed E-state index contributed by atoms with van der Waals surface area (Å²) in [7, 11) is -3.92. The lowest BCUT2D eigenvalue weighted by molar-refractivity contribution is 0.0636. The Labute approximate surface area is 176 Å². The van der Waals surface area contributed by atoms with Gasteiger partial charge in [-0.2, -0.15) is 0 Å². The van der Waals surface area contributed by atoms with Crippen molar-refractivity contribution in [2.45, 2.75) is 44.3 Å². The van der Waals surface area contributed by atoms with Crippen LogP contribution in [-0.2, 0) is 14.8 Å². The highest BCUT2D eigenvalue weighted by Crippen LogP contribution is 2.39. The number of sulfonamides is 1. The first kappa shape index (κ1) is 21.9. The number of hydrogen-bond acceptors (Lipinski definition) is 6. The molecular formula is C21H26N2O6S. The number of carbonyl (C=O) groups excluding carboxylic acids is 1. The number of aryl methyl sites for hydroxylation is 1. The van der Waals surface area contributed by atoms with Gasteiger partial charge in [-0.3, -0.25) is 9.62 Å². The molecule has 8 nitrogen and oxygen atoms in total. The number of amides is 1. The van der Waals surface area contributed by atoms with Crippen molar-refractivity contribution in [1.29, 1.82) is 0 Å². The lowest BCUT2D eigenvalue weighted by Crippen LogP contribution is -2.45. The molecule has 2 aromatic rings. The van der Waals surface area contributed by atoms with Crippen molar-refractivity contribution in [3.63, 3.8) is 0 Å². The van der Waals surface area contributed by atoms with E-state index in [1.54, 1.807) is 45.0 Å². The Morgan fingerprint density at radius 2 is 2.00 bits per heavy atom. The molecule has 0 saturated heterocycles. The molecule has 0 fully saturated rings. The van der Waals surface area contributed by atoms with Gasteiger partial charge in [0.2, 0.25) is 0 Å². The molecule has 0 aliphatic carbocycles. The first-order chi connectivity index (χ1) is 14.0. The van der Waals surface area contributed by atoms with Gasteiger partial charge in [0.25, 0.3) is 10.0 Å². The number of aliphatic hydroxyl groups excluding tert-OH is 1. The van der Waals surface area contributed by atoms with Crippen LogP contribution in [-0.4, -0.2) is 44.5 Å². The Bertz CT molecular complexity index is 1050. The average Bonchev–Trinajstić information content (AvgIpc) is 2.65. The number of ether oxygens (including phenoxy) is 2. The van der Waals surface area contributed by atoms with Crippen molar-refractivity contribution in [1.82, 2.24) is 0 Å². The summed E-state index contributed by atoms with van der Waals surface area (Å²) in [5.74, 6) is 0.297. The average molecular weight is 435 g/mol. The van der Waals surface area contributed by atoms with Gasteiger partial charge >= 0.3 is 6.09 Å². The monoisotopic (exact) mass is 434 g/mol. The second kappa shape index (κ2) is 8.16. The van der Waals surface area contributed by atoms with Crippen molar-refractivity contribution >= 4 is 27.5 Å². The number of hydrogen-bond donors (Lipinski definition) is 2. The Hall–Kier alpha value is -2.78. The predicted molar refractivity (Wildman–Crippen MR) is 114 cm³/mol. The quantitative estimate of drug-likeness (QED) is 0.765. The minimum absolute atomic E-state index is 0.0599. The highest BCUT2D eigenvalue weighted by atomic mass is 32.2. The number of nitrogens with one attached hydrogen (secondary N) is 1. The third-order valence-corrected chi connectivity index (χ3v) is 6.09. The van der Waals surface area contributed by atoms with Gasteiger partial charge in [-0.05, 0) is 63.6 Å². The third-order valence-electron chi connectivity index (χ3n) is 4.32. The van der Waals surface area contributed by atoms with Gasteiger partial charge in [0.1, 0.15) is 17.5 Å². The molecule has 2 N–H and O–H groups in total. The minimum Gasteiger partial charge on any atom is -0.484 e. The van der Waals surface area contributed by atoms with Gasteiger partial charge in [0.15, 0.2) is 0 Å². The SMILES string of the molecule is Cc1cccc(S(=O)(=O)N2C[C@H](CO)Oc3ccc(NC(=O)OC(C)(C)C)cc32)c1. The van der Waals surface area contributed by atoms with Crippen LogP contribution in [0.3, 0.4) is 0 Å². The fourth-order valence-corrected chi connectivity index (χ4v) is 4.64. The first-order valence-electron chi connectivity index (χ1n) is 9.50. The van der Waals surface area contributed by atoms with Gasteiger partial charge < -0.3 is 14.6 Å². The number of benzene rings is 2. The molecule has 0 radical (unpaired) electrons. The van der Waals surface area contributed by atoms with E-state index in [9.17, 15) is 18.3 Å². The third kappa shape index (κ3) is 4.85. The van der Waals surface area contributed by atoms with Crippen LogP contribution < -0.4 is 14.4 Å². The highest BCUT2D eigenvalue weighted by molar-refractivity contribution is 7.92. The molecule has 1 aliphatic heterocycles. The van der Waals surface area contributed by atoms with Gasteiger partial charge in [-0.15, -0.1) is 0 Å². The first-order valence-corrected chi connectivity index (χ1v) is 10.9. The summed E-state index contributed by atoms with van der Waals surface area (Å²) in [6.07, 6.45) is -1.36. The fraction of sp³-hybridized carbons (Fsp3) is 0.381. The van der Waals surface area contributed by atoms with Crippen molar-refractivity contribution in [3.8, 4) is 5.75 Å². The standard InChI is InChI=1S/C21H26N2O6S/c1-14-6-5-7-17(10-14)30(26,27)23-12-16(13-24)28-19-9-8-15(11-18(19)23)22-20(25)29-21(2,3)4/h5-11,16,24H,12-13H2,1-4H3,(H,22,25)/t16-/m1/s1. The fourth-order valence-electron chi connectivity index (χ4n) is 3.04. The van der Waals surface area contributed by atoms with Gasteiger partial charge in [-0.1, -0.05) is 12.1 Å². The van der Waals surface area contributed by atoms with Crippen LogP contribution in [0.15, 0.2) is 47.4 Å². The van der Waals surface area contributed by atoms with Crippen molar-refractivity contribution < 1.29 is 27.8 Å². The Kier molecular flexibility index (Phi) is 5.96. The van der Waals surface area contributed by atoms with E-state index < -0.39 is 27.8 Å². The van der Waals surface area contributed by atoms with Crippen LogP contribution in [0.1, 0.15) is 26.3 Å². The topological polar surface area (TPSA) is 105 Å². The number of aliphatic hydroxyl groups is 1. The van der Waals surface area contributed by atoms with E-state index in [2.05, 4.69) is 5.32 Å². The highest BCUT2D eigenvalue weighted by Gasteiger charge is 2.34. The van der Waals surface area contributed by atoms with Gasteiger partial charge in [0, 0.05) is 5.69 Å². The van der Waals surface area contributed by atoms with E-state index in [0.717, 1.165) is 5.56 Å². The summed E-state index contributed by atoms with van der Waals surface area (Å²) in [6, 6.07) is 11.2. The summed E-state index contributed by atoms with van der Waals surface area (Å²) in [5.41, 5.74) is 0.771. The molecule has 0 aromatic heterocycles. The Morgan fingerprint density at radius 3 is 2.63 bits per heavy atom. The second-order valence-electron chi connectivity index (χ2n) is 8.08. The Balaban J connectivity index is 1.99. The van der Waals surface area contributed by atoms with Crippen molar-refractivity contribution in [2.24, 2.45) is 0 Å². The molecule has 0 bridgehead atoms. The van der Waals surface area contributed by atoms with Crippen molar-refractivity contribution in [3.05, 3.63) is 48.0 Å². The van der Waals surface area contributed by atoms with Crippen LogP contribution in [0.2, 0.25) is 0 Å². The molecule has 1 aliphatic rings. The molecule has 30 heavy (non-hydrogen) atoms. The van der Waals surface area contributed by atoms with E-state index in [0.29, 0.717) is 11.4 Å². The summed E-state index contributed by atoms with van der Waals surface area (Å²) >= 11 is 0. The van der Waals surface area contributed by atoms with E-state index in [1.165, 1.54) is 16.4 Å². The zero-order chi connectivity index (χ0) is 22.1. The molecule has 0 unspecified atom stereocenters. The van der Waals surface area contributed by atoms with Crippen LogP contribution >= 0.6 is 0 Å². The van der Waals surface area contributed by atoms with Crippen LogP contribution in [0.4, 0.5) is 16.2 Å². The smallest absolute Gasteiger partial charge is 0.412 e. The van der Waals surface area contributed by atoms with Gasteiger partial charge in [-0.25, -0.2) is 13.2 Å². The van der Waals surface area contributed by atoms with E-state index in [1.807, 2.05) is 13.0 Å². The Morgan fingerprint density at radius 1 is 1.27 bits per heavy atom. The zero-order valence-electron chi connectivity index (χ0n) is 17.4. The predicted octanol–water partition coefficient (Wildman–Crippen LogP) is 3.29. The maximum atomic E-state index is 13.4. The molecular weight excluding hydrogens is 408 g/mol. The molecule has 0 saturated carbocycles. The number of anilines is 2. The molecule has 9 heteroatoms. The molecule has 1 amide bonds. The number of fused-ring (bicyclic) bond motifs is 1. The second-order valence-corrected chi connectivity index (χ2v) is 9.95. The van der Waals surface area contributed by atoms with Crippen LogP contribution in [0.25, 0.3) is 0 Å². The van der Waals surface area contributed by atoms with Crippen LogP contribution in [0.5, 0.6) is 5.75 Å². The summed E-state index contributed by atoms with van der Waals surface area (Å²) in [6.45, 7) is 6.66. The number of nitrogens with zero attached hydrogens (tertiary/aromatic N) is 1. The summed E-state index contributed by atoms with van der Waals surface area (Å²) in [4.78, 5) is 12.2. The van der Waals surface area contributed by atoms with Gasteiger partial charge in [0.05, 0.1) is 23.7 Å². The van der Waals surface area contributed by atoms with E-state index >= 15 is 0 Å². The van der Waals surface area contributed by atoms with Crippen molar-refractivity contribution in [2.75, 3.05) is 22.8 Å². The molecule has 1 atom stereocenters. The lowest BCUT2D eigenvalue weighted by atomic mass is 10.2. The van der Waals surface area contributed by atoms with E-state index in [4.69, 9.17) is 9.47 Å². The molecule has 1 heterocycles. The molecule has 3 rings (SSSR count). The maximum absolute atomic E-state index is 13.4. The van der Waals surface area contributed by atoms with Crippen LogP contribution in [0, 0.1) is 6.92 Å². The minimum atomic E-state index is -3.92. The molecule has 2 aromatic carbocycles. The maximum Gasteiger partial charge on any atom is 0.412 e. The summed E-state index contributed by atoms with van der Waals surface area (Å²) in [5, 5.41) is 12.2. The largest absolute Gasteiger partial charge is 0.484 e. The van der Waals surface area contributed by atoms with E-state index in [-0.39, 0.29) is 23.7 Å². The normalized spacial score (nSPS) is 16.4. The number of rotatable bonds is 4. The summed E-state index contributed by atoms with van der Waals surface area (Å²) < 4.78 is 38.9. The molecule has 162 valence electrons. The lowest BCUT2D eigenvalue weighted by Gasteiger charge is -2.35. The number of carbonyl (C=O) groups is 1.